The van der Waals surface area contributed by atoms with Crippen LogP contribution in [0.2, 0.25) is 0 Å². The molecule has 0 aromatic heterocycles. The number of hydrogen-bond donors (Lipinski definition) is 2. The van der Waals surface area contributed by atoms with Gasteiger partial charge in [-0.05, 0) is 19.1 Å². The van der Waals surface area contributed by atoms with Crippen LogP contribution < -0.4 is 11.1 Å². The Hall–Kier alpha value is -0.570. The summed E-state index contributed by atoms with van der Waals surface area (Å²) in [7, 11) is 0. The van der Waals surface area contributed by atoms with Crippen molar-refractivity contribution >= 4 is 17.3 Å². The summed E-state index contributed by atoms with van der Waals surface area (Å²) >= 11 is 4.54. The minimum Gasteiger partial charge on any atom is -0.376 e. The SMILES string of the molecule is C=C(C)CNC(N)=S.[HH].[HH]. The Labute approximate surface area is 57.7 Å². The van der Waals surface area contributed by atoms with E-state index >= 15 is 0 Å². The van der Waals surface area contributed by atoms with E-state index in [1.807, 2.05) is 6.92 Å². The summed E-state index contributed by atoms with van der Waals surface area (Å²) in [4.78, 5) is 0. The molecule has 0 bridgehead atoms. The molecule has 0 aliphatic carbocycles. The summed E-state index contributed by atoms with van der Waals surface area (Å²) in [5.41, 5.74) is 6.15. The van der Waals surface area contributed by atoms with Gasteiger partial charge in [0.2, 0.25) is 0 Å². The van der Waals surface area contributed by atoms with Crippen LogP contribution in [0.15, 0.2) is 12.2 Å². The first kappa shape index (κ1) is 7.43. The van der Waals surface area contributed by atoms with Gasteiger partial charge in [0.15, 0.2) is 5.11 Å². The normalized spacial score (nSPS) is 8.12. The molecular weight excluding hydrogens is 120 g/mol. The predicted octanol–water partition coefficient (Wildman–Crippen LogP) is 0.888. The highest BCUT2D eigenvalue weighted by Gasteiger charge is 1.83. The van der Waals surface area contributed by atoms with E-state index in [1.165, 1.54) is 0 Å². The maximum absolute atomic E-state index is 5.12. The van der Waals surface area contributed by atoms with Gasteiger partial charge in [-0.1, -0.05) is 12.2 Å². The van der Waals surface area contributed by atoms with Crippen molar-refractivity contribution in [3.05, 3.63) is 12.2 Å². The molecule has 8 heavy (non-hydrogen) atoms. The molecule has 0 fully saturated rings. The molecule has 0 aromatic rings. The van der Waals surface area contributed by atoms with Gasteiger partial charge >= 0.3 is 0 Å². The molecule has 0 rings (SSSR count). The standard InChI is InChI=1S/C5H10N2S.2H2/c1-4(2)3-7-5(6)8;;/h1,3H2,2H3,(H3,6,7,8);2*1H. The van der Waals surface area contributed by atoms with Crippen LogP contribution in [0.1, 0.15) is 9.78 Å². The lowest BCUT2D eigenvalue weighted by molar-refractivity contribution is 0.993. The van der Waals surface area contributed by atoms with Gasteiger partial charge < -0.3 is 11.1 Å². The molecule has 3 N–H and O–H groups in total. The van der Waals surface area contributed by atoms with Crippen LogP contribution >= 0.6 is 12.2 Å². The molecule has 0 radical (unpaired) electrons. The van der Waals surface area contributed by atoms with Gasteiger partial charge in [0, 0.05) is 9.40 Å². The third-order valence-corrected chi connectivity index (χ3v) is 0.709. The molecule has 0 unspecified atom stereocenters. The van der Waals surface area contributed by atoms with Crippen molar-refractivity contribution in [2.24, 2.45) is 5.73 Å². The smallest absolute Gasteiger partial charge is 0.163 e. The molecule has 0 aromatic carbocycles. The van der Waals surface area contributed by atoms with E-state index in [4.69, 9.17) is 5.73 Å². The fourth-order valence-electron chi connectivity index (χ4n) is 0.238. The molecule has 3 heteroatoms. The maximum atomic E-state index is 5.12. The van der Waals surface area contributed by atoms with E-state index in [9.17, 15) is 0 Å². The van der Waals surface area contributed by atoms with E-state index in [0.29, 0.717) is 11.7 Å². The highest BCUT2D eigenvalue weighted by atomic mass is 32.1. The molecule has 2 nitrogen and oxygen atoms in total. The number of nitrogens with one attached hydrogen (secondary N) is 1. The van der Waals surface area contributed by atoms with Crippen molar-refractivity contribution in [3.8, 4) is 0 Å². The zero-order valence-corrected chi connectivity index (χ0v) is 5.72. The van der Waals surface area contributed by atoms with Crippen LogP contribution in [0.3, 0.4) is 0 Å². The quantitative estimate of drug-likeness (QED) is 0.435. The average Bonchev–Trinajstić information content (AvgIpc) is 1.61. The molecule has 50 valence electrons. The lowest BCUT2D eigenvalue weighted by atomic mass is 10.4. The Morgan fingerprint density at radius 2 is 2.50 bits per heavy atom. The number of nitrogens with two attached hydrogens (primary N) is 1. The molecule has 0 atom stereocenters. The molecule has 0 heterocycles. The van der Waals surface area contributed by atoms with Gasteiger partial charge in [-0.2, -0.15) is 0 Å². The van der Waals surface area contributed by atoms with E-state index in [1.54, 1.807) is 0 Å². The van der Waals surface area contributed by atoms with Gasteiger partial charge in [-0.3, -0.25) is 0 Å². The summed E-state index contributed by atoms with van der Waals surface area (Å²) in [5, 5.41) is 3.08. The van der Waals surface area contributed by atoms with Crippen LogP contribution in [-0.2, 0) is 0 Å². The molecule has 0 saturated heterocycles. The van der Waals surface area contributed by atoms with Gasteiger partial charge in [0.1, 0.15) is 0 Å². The van der Waals surface area contributed by atoms with Crippen molar-refractivity contribution in [1.82, 2.24) is 5.32 Å². The van der Waals surface area contributed by atoms with Gasteiger partial charge in [-0.25, -0.2) is 0 Å². The van der Waals surface area contributed by atoms with E-state index < -0.39 is 0 Å². The zero-order valence-electron chi connectivity index (χ0n) is 4.90. The van der Waals surface area contributed by atoms with Crippen LogP contribution in [0.5, 0.6) is 0 Å². The third-order valence-electron chi connectivity index (χ3n) is 0.564. The minimum atomic E-state index is 0. The molecule has 0 spiro atoms. The minimum absolute atomic E-state index is 0. The monoisotopic (exact) mass is 134 g/mol. The number of thiocarbonyl (C=S) groups is 1. The fraction of sp³-hybridized carbons (Fsp3) is 0.400. The van der Waals surface area contributed by atoms with Crippen LogP contribution in [-0.4, -0.2) is 11.7 Å². The number of rotatable bonds is 2. The second kappa shape index (κ2) is 3.43. The van der Waals surface area contributed by atoms with Crippen molar-refractivity contribution in [1.29, 1.82) is 0 Å². The van der Waals surface area contributed by atoms with Crippen LogP contribution in [0.25, 0.3) is 0 Å². The Balaban J connectivity index is -0.000000245. The summed E-state index contributed by atoms with van der Waals surface area (Å²) in [5.74, 6) is 0. The second-order valence-corrected chi connectivity index (χ2v) is 2.11. The lowest BCUT2D eigenvalue weighted by Crippen LogP contribution is -2.29. The molecule has 0 saturated carbocycles. The van der Waals surface area contributed by atoms with Crippen molar-refractivity contribution in [3.63, 3.8) is 0 Å². The summed E-state index contributed by atoms with van der Waals surface area (Å²) < 4.78 is 0. The second-order valence-electron chi connectivity index (χ2n) is 1.67. The largest absolute Gasteiger partial charge is 0.376 e. The molecule has 0 aliphatic heterocycles. The van der Waals surface area contributed by atoms with E-state index in [2.05, 4.69) is 24.1 Å². The summed E-state index contributed by atoms with van der Waals surface area (Å²) in [6.45, 7) is 6.23. The Morgan fingerprint density at radius 3 is 2.62 bits per heavy atom. The summed E-state index contributed by atoms with van der Waals surface area (Å²) in [6.07, 6.45) is 0. The molecule has 0 amide bonds. The molecular formula is C5H14N2S. The zero-order chi connectivity index (χ0) is 6.57. The van der Waals surface area contributed by atoms with E-state index in [0.717, 1.165) is 5.57 Å². The third kappa shape index (κ3) is 5.43. The van der Waals surface area contributed by atoms with Gasteiger partial charge in [0.05, 0.1) is 0 Å². The maximum Gasteiger partial charge on any atom is 0.163 e. The summed E-state index contributed by atoms with van der Waals surface area (Å²) in [6, 6.07) is 0. The topological polar surface area (TPSA) is 38.0 Å². The van der Waals surface area contributed by atoms with Crippen LogP contribution in [0.4, 0.5) is 0 Å². The Kier molecular flexibility index (Phi) is 3.19. The first-order valence-corrected chi connectivity index (χ1v) is 2.71. The van der Waals surface area contributed by atoms with Gasteiger partial charge in [-0.15, -0.1) is 0 Å². The highest BCUT2D eigenvalue weighted by Crippen LogP contribution is 1.79. The predicted molar refractivity (Wildman–Crippen MR) is 43.8 cm³/mol. The van der Waals surface area contributed by atoms with Crippen molar-refractivity contribution in [2.45, 2.75) is 6.92 Å². The van der Waals surface area contributed by atoms with Crippen molar-refractivity contribution in [2.75, 3.05) is 6.54 Å². The Morgan fingerprint density at radius 1 is 2.00 bits per heavy atom. The average molecular weight is 134 g/mol. The van der Waals surface area contributed by atoms with Crippen molar-refractivity contribution < 1.29 is 2.85 Å². The first-order chi connectivity index (χ1) is 3.63. The van der Waals surface area contributed by atoms with Gasteiger partial charge in [0.25, 0.3) is 0 Å². The molecule has 0 aliphatic rings. The lowest BCUT2D eigenvalue weighted by Gasteiger charge is -1.99. The number of hydrogen-bond acceptors (Lipinski definition) is 1. The van der Waals surface area contributed by atoms with E-state index in [-0.39, 0.29) is 2.85 Å². The Bertz CT molecular complexity index is 102. The fourth-order valence-corrected chi connectivity index (χ4v) is 0.310. The first-order valence-electron chi connectivity index (χ1n) is 2.30. The highest BCUT2D eigenvalue weighted by molar-refractivity contribution is 7.80. The van der Waals surface area contributed by atoms with Crippen LogP contribution in [0, 0.1) is 0 Å².